The van der Waals surface area contributed by atoms with E-state index in [1.54, 1.807) is 12.1 Å². The molecule has 0 saturated carbocycles. The summed E-state index contributed by atoms with van der Waals surface area (Å²) in [7, 11) is 0. The van der Waals surface area contributed by atoms with Crippen molar-refractivity contribution in [1.82, 2.24) is 18.7 Å². The van der Waals surface area contributed by atoms with Gasteiger partial charge in [0.2, 0.25) is 0 Å². The van der Waals surface area contributed by atoms with Gasteiger partial charge in [0.05, 0.1) is 29.9 Å². The minimum Gasteiger partial charge on any atom is -0.467 e. The molecule has 33 heavy (non-hydrogen) atoms. The highest BCUT2D eigenvalue weighted by atomic mass is 32.1. The van der Waals surface area contributed by atoms with E-state index in [1.165, 1.54) is 34.8 Å². The zero-order valence-corrected chi connectivity index (χ0v) is 18.4. The highest BCUT2D eigenvalue weighted by molar-refractivity contribution is 7.12. The summed E-state index contributed by atoms with van der Waals surface area (Å²) < 4.78 is 7.94. The van der Waals surface area contributed by atoms with Crippen molar-refractivity contribution in [3.8, 4) is 0 Å². The number of amides is 1. The summed E-state index contributed by atoms with van der Waals surface area (Å²) in [6, 6.07) is 6.73. The van der Waals surface area contributed by atoms with Crippen LogP contribution in [0.2, 0.25) is 0 Å². The van der Waals surface area contributed by atoms with Gasteiger partial charge in [-0.25, -0.2) is 33.1 Å². The van der Waals surface area contributed by atoms with E-state index in [2.05, 4.69) is 18.3 Å². The zero-order chi connectivity index (χ0) is 23.5. The van der Waals surface area contributed by atoms with E-state index in [0.29, 0.717) is 17.9 Å². The fraction of sp³-hybridized carbons (Fsp3) is 0.227. The van der Waals surface area contributed by atoms with E-state index >= 15 is 0 Å². The number of hydrogen-bond acceptors (Lipinski definition) is 7. The molecule has 0 N–H and O–H groups in total. The quantitative estimate of drug-likeness (QED) is 0.467. The van der Waals surface area contributed by atoms with Crippen molar-refractivity contribution < 1.29 is 9.21 Å². The maximum atomic E-state index is 13.3. The van der Waals surface area contributed by atoms with Crippen LogP contribution in [-0.4, -0.2) is 30.3 Å². The molecule has 4 rings (SSSR count). The Hall–Kier alpha value is -3.99. The van der Waals surface area contributed by atoms with Gasteiger partial charge in [0, 0.05) is 6.42 Å². The van der Waals surface area contributed by atoms with Gasteiger partial charge in [-0.1, -0.05) is 18.2 Å². The second kappa shape index (κ2) is 9.25. The smallest absolute Gasteiger partial charge is 0.337 e. The molecule has 0 radical (unpaired) electrons. The minimum absolute atomic E-state index is 0.108. The highest BCUT2D eigenvalue weighted by Crippen LogP contribution is 2.34. The second-order valence-corrected chi connectivity index (χ2v) is 8.18. The molecule has 0 aliphatic carbocycles. The first-order chi connectivity index (χ1) is 16.0. The maximum absolute atomic E-state index is 13.3. The molecule has 4 heterocycles. The first kappa shape index (κ1) is 22.2. The van der Waals surface area contributed by atoms with Crippen molar-refractivity contribution in [3.63, 3.8) is 0 Å². The molecule has 0 bridgehead atoms. The molecular formula is C22H21N5O5S. The number of rotatable bonds is 8. The van der Waals surface area contributed by atoms with E-state index < -0.39 is 35.6 Å². The summed E-state index contributed by atoms with van der Waals surface area (Å²) in [5.41, 5.74) is -1.88. The molecule has 1 unspecified atom stereocenters. The number of carbonyl (C=O) groups is 1. The molecule has 0 saturated heterocycles. The Morgan fingerprint density at radius 2 is 1.73 bits per heavy atom. The first-order valence-corrected chi connectivity index (χ1v) is 11.0. The standard InChI is InChI=1S/C22H21N5O5S/c1-3-9-24-20(29)25(10-4-2)22(31)26(21(24)30)14-19(28)27-16(17-7-5-11-32-17)13-15(23-27)18-8-6-12-33-18/h3-8,11-12,16H,1-2,9-10,13-14H2. The third kappa shape index (κ3) is 4.10. The van der Waals surface area contributed by atoms with Crippen molar-refractivity contribution >= 4 is 23.0 Å². The Kier molecular flexibility index (Phi) is 6.22. The molecule has 1 aliphatic heterocycles. The van der Waals surface area contributed by atoms with Crippen molar-refractivity contribution in [2.75, 3.05) is 0 Å². The van der Waals surface area contributed by atoms with Gasteiger partial charge in [-0.3, -0.25) is 4.79 Å². The summed E-state index contributed by atoms with van der Waals surface area (Å²) in [4.78, 5) is 52.5. The molecule has 1 amide bonds. The predicted octanol–water partition coefficient (Wildman–Crippen LogP) is 1.58. The number of hydrogen-bond donors (Lipinski definition) is 0. The predicted molar refractivity (Wildman–Crippen MR) is 123 cm³/mol. The molecule has 3 aromatic rings. The largest absolute Gasteiger partial charge is 0.467 e. The first-order valence-electron chi connectivity index (χ1n) is 10.1. The molecule has 0 aromatic carbocycles. The number of allylic oxidation sites excluding steroid dienone is 2. The third-order valence-electron chi connectivity index (χ3n) is 5.15. The number of thiophene rings is 1. The van der Waals surface area contributed by atoms with E-state index in [-0.39, 0.29) is 13.1 Å². The van der Waals surface area contributed by atoms with Crippen molar-refractivity contribution in [2.45, 2.75) is 32.1 Å². The monoisotopic (exact) mass is 467 g/mol. The van der Waals surface area contributed by atoms with Crippen LogP contribution in [0.3, 0.4) is 0 Å². The Morgan fingerprint density at radius 1 is 1.06 bits per heavy atom. The molecule has 3 aromatic heterocycles. The summed E-state index contributed by atoms with van der Waals surface area (Å²) in [5, 5.41) is 7.63. The molecular weight excluding hydrogens is 446 g/mol. The van der Waals surface area contributed by atoms with Gasteiger partial charge in [-0.15, -0.1) is 24.5 Å². The Morgan fingerprint density at radius 3 is 2.27 bits per heavy atom. The lowest BCUT2D eigenvalue weighted by Crippen LogP contribution is -2.55. The van der Waals surface area contributed by atoms with Crippen molar-refractivity contribution in [3.05, 3.63) is 103 Å². The lowest BCUT2D eigenvalue weighted by molar-refractivity contribution is -0.134. The summed E-state index contributed by atoms with van der Waals surface area (Å²) >= 11 is 1.49. The fourth-order valence-corrected chi connectivity index (χ4v) is 4.35. The summed E-state index contributed by atoms with van der Waals surface area (Å²) in [5.74, 6) is -0.0530. The summed E-state index contributed by atoms with van der Waals surface area (Å²) in [6.07, 6.45) is 4.65. The Bertz CT molecular complexity index is 1340. The minimum atomic E-state index is -0.894. The number of hydrazone groups is 1. The van der Waals surface area contributed by atoms with E-state index in [9.17, 15) is 19.2 Å². The number of nitrogens with zero attached hydrogens (tertiary/aromatic N) is 5. The lowest BCUT2D eigenvalue weighted by Gasteiger charge is -2.20. The van der Waals surface area contributed by atoms with Crippen LogP contribution in [0.1, 0.15) is 23.1 Å². The molecule has 10 nitrogen and oxygen atoms in total. The van der Waals surface area contributed by atoms with Gasteiger partial charge in [0.1, 0.15) is 18.3 Å². The van der Waals surface area contributed by atoms with Crippen LogP contribution in [0.4, 0.5) is 0 Å². The van der Waals surface area contributed by atoms with Crippen LogP contribution in [-0.2, 0) is 24.4 Å². The average molecular weight is 468 g/mol. The van der Waals surface area contributed by atoms with Crippen LogP contribution in [0.5, 0.6) is 0 Å². The molecule has 1 aliphatic rings. The van der Waals surface area contributed by atoms with Crippen LogP contribution in [0.15, 0.2) is 85.1 Å². The molecule has 0 spiro atoms. The third-order valence-corrected chi connectivity index (χ3v) is 6.06. The van der Waals surface area contributed by atoms with Crippen molar-refractivity contribution in [1.29, 1.82) is 0 Å². The SMILES string of the molecule is C=CCn1c(=O)n(CC=C)c(=O)n(CC(=O)N2N=C(c3cccs3)CC2c2ccco2)c1=O. The Balaban J connectivity index is 1.75. The van der Waals surface area contributed by atoms with Gasteiger partial charge < -0.3 is 4.42 Å². The molecule has 170 valence electrons. The number of furan rings is 1. The fourth-order valence-electron chi connectivity index (χ4n) is 3.63. The van der Waals surface area contributed by atoms with Gasteiger partial charge in [-0.05, 0) is 23.6 Å². The zero-order valence-electron chi connectivity index (χ0n) is 17.6. The number of carbonyl (C=O) groups excluding carboxylic acids is 1. The van der Waals surface area contributed by atoms with E-state index in [1.807, 2.05) is 17.5 Å². The Labute approximate surface area is 191 Å². The molecule has 0 fully saturated rings. The topological polar surface area (TPSA) is 112 Å². The normalized spacial score (nSPS) is 15.5. The van der Waals surface area contributed by atoms with Gasteiger partial charge >= 0.3 is 17.1 Å². The van der Waals surface area contributed by atoms with Crippen LogP contribution >= 0.6 is 11.3 Å². The van der Waals surface area contributed by atoms with Gasteiger partial charge in [0.15, 0.2) is 0 Å². The van der Waals surface area contributed by atoms with Crippen molar-refractivity contribution in [2.24, 2.45) is 5.10 Å². The van der Waals surface area contributed by atoms with E-state index in [4.69, 9.17) is 4.42 Å². The van der Waals surface area contributed by atoms with E-state index in [0.717, 1.165) is 18.6 Å². The van der Waals surface area contributed by atoms with Crippen LogP contribution in [0, 0.1) is 0 Å². The lowest BCUT2D eigenvalue weighted by atomic mass is 10.1. The molecule has 11 heteroatoms. The summed E-state index contributed by atoms with van der Waals surface area (Å²) in [6.45, 7) is 6.28. The highest BCUT2D eigenvalue weighted by Gasteiger charge is 2.35. The van der Waals surface area contributed by atoms with Gasteiger partial charge in [-0.2, -0.15) is 5.10 Å². The number of aromatic nitrogens is 3. The second-order valence-electron chi connectivity index (χ2n) is 7.23. The maximum Gasteiger partial charge on any atom is 0.337 e. The van der Waals surface area contributed by atoms with Crippen LogP contribution in [0.25, 0.3) is 0 Å². The van der Waals surface area contributed by atoms with Crippen LogP contribution < -0.4 is 17.1 Å². The van der Waals surface area contributed by atoms with Gasteiger partial charge in [0.25, 0.3) is 5.91 Å². The molecule has 1 atom stereocenters. The average Bonchev–Trinajstić information content (AvgIpc) is 3.57.